The van der Waals surface area contributed by atoms with E-state index in [9.17, 15) is 17.4 Å². The molecule has 1 rings (SSSR count). The average molecular weight is 306 g/mol. The minimum atomic E-state index is -4.30. The Kier molecular flexibility index (Phi) is 6.54. The van der Waals surface area contributed by atoms with Crippen LogP contribution >= 0.6 is 0 Å². The second-order valence-electron chi connectivity index (χ2n) is 4.33. The van der Waals surface area contributed by atoms with Gasteiger partial charge in [-0.1, -0.05) is 17.7 Å². The smallest absolute Gasteiger partial charge is 0.294 e. The van der Waals surface area contributed by atoms with Gasteiger partial charge in [-0.3, -0.25) is 4.55 Å². The van der Waals surface area contributed by atoms with Gasteiger partial charge in [0, 0.05) is 5.56 Å². The zero-order valence-corrected chi connectivity index (χ0v) is 12.3. The largest absolute Gasteiger partial charge is 0.376 e. The van der Waals surface area contributed by atoms with Gasteiger partial charge >= 0.3 is 0 Å². The number of benzene rings is 1. The van der Waals surface area contributed by atoms with Crippen LogP contribution in [0.3, 0.4) is 0 Å². The van der Waals surface area contributed by atoms with Crippen LogP contribution in [0.1, 0.15) is 24.2 Å². The Morgan fingerprint density at radius 1 is 1.30 bits per heavy atom. The highest BCUT2D eigenvalue weighted by Crippen LogP contribution is 2.26. The molecular formula is C13H19FO5S. The maximum Gasteiger partial charge on any atom is 0.294 e. The molecule has 114 valence electrons. The first-order valence-corrected chi connectivity index (χ1v) is 7.63. The van der Waals surface area contributed by atoms with E-state index in [1.807, 2.05) is 6.92 Å². The van der Waals surface area contributed by atoms with Crippen molar-refractivity contribution in [2.24, 2.45) is 0 Å². The fraction of sp³-hybridized carbons (Fsp3) is 0.538. The molecule has 0 bridgehead atoms. The van der Waals surface area contributed by atoms with E-state index >= 15 is 0 Å². The van der Waals surface area contributed by atoms with Gasteiger partial charge in [0.15, 0.2) is 0 Å². The normalized spacial score (nSPS) is 13.4. The molecule has 0 fully saturated rings. The van der Waals surface area contributed by atoms with E-state index in [1.165, 1.54) is 6.07 Å². The second-order valence-corrected chi connectivity index (χ2v) is 5.72. The van der Waals surface area contributed by atoms with E-state index in [-0.39, 0.29) is 24.7 Å². The summed E-state index contributed by atoms with van der Waals surface area (Å²) in [5.74, 6) is 0. The summed E-state index contributed by atoms with van der Waals surface area (Å²) in [6, 6.07) is 4.60. The molecule has 1 atom stereocenters. The van der Waals surface area contributed by atoms with Gasteiger partial charge in [0.25, 0.3) is 10.1 Å². The molecule has 0 saturated heterocycles. The van der Waals surface area contributed by atoms with Crippen LogP contribution in [-0.4, -0.2) is 39.5 Å². The van der Waals surface area contributed by atoms with Gasteiger partial charge in [0.1, 0.15) is 6.67 Å². The first-order valence-electron chi connectivity index (χ1n) is 6.19. The van der Waals surface area contributed by atoms with Crippen molar-refractivity contribution in [1.82, 2.24) is 0 Å². The van der Waals surface area contributed by atoms with Gasteiger partial charge in [-0.25, -0.2) is 4.39 Å². The number of halogens is 1. The van der Waals surface area contributed by atoms with Crippen LogP contribution in [-0.2, 0) is 19.6 Å². The van der Waals surface area contributed by atoms with Crippen molar-refractivity contribution < 1.29 is 26.8 Å². The molecule has 0 saturated carbocycles. The molecule has 5 nitrogen and oxygen atoms in total. The molecule has 0 aliphatic heterocycles. The third-order valence-electron chi connectivity index (χ3n) is 2.70. The Bertz CT molecular complexity index is 530. The van der Waals surface area contributed by atoms with Crippen LogP contribution in [0.25, 0.3) is 0 Å². The van der Waals surface area contributed by atoms with Crippen molar-refractivity contribution in [3.05, 3.63) is 29.3 Å². The fourth-order valence-electron chi connectivity index (χ4n) is 1.75. The summed E-state index contributed by atoms with van der Waals surface area (Å²) in [7, 11) is -4.30. The van der Waals surface area contributed by atoms with Crippen molar-refractivity contribution in [3.8, 4) is 0 Å². The van der Waals surface area contributed by atoms with Gasteiger partial charge in [-0.05, 0) is 19.9 Å². The van der Waals surface area contributed by atoms with Crippen LogP contribution in [0.2, 0.25) is 0 Å². The molecule has 0 radical (unpaired) electrons. The highest BCUT2D eigenvalue weighted by atomic mass is 32.2. The van der Waals surface area contributed by atoms with Gasteiger partial charge in [-0.15, -0.1) is 0 Å². The van der Waals surface area contributed by atoms with E-state index < -0.39 is 22.9 Å². The minimum Gasteiger partial charge on any atom is -0.376 e. The third-order valence-corrected chi connectivity index (χ3v) is 3.63. The Labute approximate surface area is 118 Å². The van der Waals surface area contributed by atoms with Crippen molar-refractivity contribution >= 4 is 10.1 Å². The number of rotatable bonds is 8. The molecule has 0 spiro atoms. The molecular weight excluding hydrogens is 287 g/mol. The molecule has 1 N–H and O–H groups in total. The zero-order chi connectivity index (χ0) is 15.2. The molecule has 1 aromatic carbocycles. The van der Waals surface area contributed by atoms with E-state index in [0.29, 0.717) is 5.56 Å². The molecule has 0 aromatic heterocycles. The monoisotopic (exact) mass is 306 g/mol. The lowest BCUT2D eigenvalue weighted by molar-refractivity contribution is 0.00775. The third kappa shape index (κ3) is 5.16. The summed E-state index contributed by atoms with van der Waals surface area (Å²) in [5, 5.41) is 0. The summed E-state index contributed by atoms with van der Waals surface area (Å²) in [4.78, 5) is -0.166. The highest BCUT2D eigenvalue weighted by molar-refractivity contribution is 7.85. The number of ether oxygens (including phenoxy) is 2. The summed E-state index contributed by atoms with van der Waals surface area (Å²) in [5.41, 5.74) is 1.24. The lowest BCUT2D eigenvalue weighted by Gasteiger charge is -2.16. The summed E-state index contributed by atoms with van der Waals surface area (Å²) >= 11 is 0. The highest BCUT2D eigenvalue weighted by Gasteiger charge is 2.19. The molecule has 0 heterocycles. The molecule has 20 heavy (non-hydrogen) atoms. The van der Waals surface area contributed by atoms with Crippen molar-refractivity contribution in [3.63, 3.8) is 0 Å². The summed E-state index contributed by atoms with van der Waals surface area (Å²) < 4.78 is 54.0. The first kappa shape index (κ1) is 17.0. The van der Waals surface area contributed by atoms with E-state index in [2.05, 4.69) is 0 Å². The van der Waals surface area contributed by atoms with Gasteiger partial charge in [0.2, 0.25) is 0 Å². The predicted molar refractivity (Wildman–Crippen MR) is 72.2 cm³/mol. The zero-order valence-electron chi connectivity index (χ0n) is 11.5. The maximum atomic E-state index is 11.8. The number of hydrogen-bond donors (Lipinski definition) is 1. The van der Waals surface area contributed by atoms with Crippen LogP contribution < -0.4 is 0 Å². The number of alkyl halides is 1. The molecule has 1 aromatic rings. The Balaban J connectivity index is 2.76. The maximum absolute atomic E-state index is 11.8. The van der Waals surface area contributed by atoms with Gasteiger partial charge in [0.05, 0.1) is 30.8 Å². The van der Waals surface area contributed by atoms with E-state index in [0.717, 1.165) is 5.56 Å². The van der Waals surface area contributed by atoms with E-state index in [1.54, 1.807) is 19.1 Å². The molecule has 0 amide bonds. The average Bonchev–Trinajstić information content (AvgIpc) is 2.36. The van der Waals surface area contributed by atoms with Crippen LogP contribution in [0.4, 0.5) is 4.39 Å². The molecule has 1 unspecified atom stereocenters. The lowest BCUT2D eigenvalue weighted by Crippen LogP contribution is -2.12. The first-order chi connectivity index (χ1) is 9.36. The van der Waals surface area contributed by atoms with Crippen molar-refractivity contribution in [2.45, 2.75) is 24.8 Å². The molecule has 0 aliphatic rings. The minimum absolute atomic E-state index is 0.0124. The van der Waals surface area contributed by atoms with Gasteiger partial charge in [-0.2, -0.15) is 8.42 Å². The van der Waals surface area contributed by atoms with E-state index in [4.69, 9.17) is 9.47 Å². The van der Waals surface area contributed by atoms with Crippen molar-refractivity contribution in [2.75, 3.05) is 26.5 Å². The standard InChI is InChI=1S/C13H19FO5S/c1-10-3-4-13(20(15,16)17)12(9-10)11(2)19-8-7-18-6-5-14/h3-4,9,11H,5-8H2,1-2H3,(H,15,16,17). The number of aryl methyl sites for hydroxylation is 1. The molecule has 0 aliphatic carbocycles. The topological polar surface area (TPSA) is 72.8 Å². The Hall–Kier alpha value is -1.02. The second kappa shape index (κ2) is 7.68. The fourth-order valence-corrected chi connectivity index (χ4v) is 2.51. The molecule has 7 heteroatoms. The lowest BCUT2D eigenvalue weighted by atomic mass is 10.1. The Morgan fingerprint density at radius 3 is 2.60 bits per heavy atom. The SMILES string of the molecule is Cc1ccc(S(=O)(=O)O)c(C(C)OCCOCCF)c1. The van der Waals surface area contributed by atoms with Gasteiger partial charge < -0.3 is 9.47 Å². The quantitative estimate of drug-likeness (QED) is 0.589. The van der Waals surface area contributed by atoms with Crippen LogP contribution in [0, 0.1) is 6.92 Å². The summed E-state index contributed by atoms with van der Waals surface area (Å²) in [6.45, 7) is 3.38. The van der Waals surface area contributed by atoms with Crippen molar-refractivity contribution in [1.29, 1.82) is 0 Å². The Morgan fingerprint density at radius 2 is 2.00 bits per heavy atom. The van der Waals surface area contributed by atoms with Crippen LogP contribution in [0.15, 0.2) is 23.1 Å². The summed E-state index contributed by atoms with van der Waals surface area (Å²) in [6.07, 6.45) is -0.527. The van der Waals surface area contributed by atoms with Crippen LogP contribution in [0.5, 0.6) is 0 Å². The predicted octanol–water partition coefficient (Wildman–Crippen LogP) is 2.31. The number of hydrogen-bond acceptors (Lipinski definition) is 4.